The number of amidine groups is 1. The van der Waals surface area contributed by atoms with Crippen molar-refractivity contribution >= 4 is 29.6 Å². The molecule has 0 aromatic rings. The fraction of sp³-hybridized carbons (Fsp3) is 0.444. The number of rotatable bonds is 3. The fourth-order valence-corrected chi connectivity index (χ4v) is 1.49. The van der Waals surface area contributed by atoms with Gasteiger partial charge in [0.2, 0.25) is 5.96 Å². The number of carbonyl (C=O) groups excluding carboxylic acids is 1. The van der Waals surface area contributed by atoms with Crippen molar-refractivity contribution < 1.29 is 20.1 Å². The summed E-state index contributed by atoms with van der Waals surface area (Å²) < 4.78 is 0. The molecule has 0 aromatic carbocycles. The van der Waals surface area contributed by atoms with Crippen LogP contribution in [0.5, 0.6) is 0 Å². The number of nitrogens with one attached hydrogen (secondary N) is 2. The Hall–Kier alpha value is -1.97. The minimum Gasteiger partial charge on any atom is -0.394 e. The number of carbonyl (C=O) groups is 1. The Bertz CT molecular complexity index is 483. The summed E-state index contributed by atoms with van der Waals surface area (Å²) in [6, 6.07) is -1.04. The molecule has 1 amide bonds. The quantitative estimate of drug-likeness (QED) is 0.365. The van der Waals surface area contributed by atoms with Crippen LogP contribution in [0.1, 0.15) is 0 Å². The maximum absolute atomic E-state index is 11.5. The summed E-state index contributed by atoms with van der Waals surface area (Å²) >= 11 is 0. The third-order valence-electron chi connectivity index (χ3n) is 2.42. The summed E-state index contributed by atoms with van der Waals surface area (Å²) in [6.45, 7) is -0.642. The van der Waals surface area contributed by atoms with Crippen molar-refractivity contribution in [2.75, 3.05) is 6.61 Å². The molecule has 2 aliphatic rings. The molecule has 9 heteroatoms. The van der Waals surface area contributed by atoms with Crippen LogP contribution in [0.2, 0.25) is 0 Å². The highest BCUT2D eigenvalue weighted by molar-refractivity contribution is 6.38. The number of aliphatic imine (C=N–C) groups is 3. The van der Waals surface area contributed by atoms with E-state index in [0.29, 0.717) is 0 Å². The van der Waals surface area contributed by atoms with Gasteiger partial charge >= 0.3 is 0 Å². The van der Waals surface area contributed by atoms with E-state index in [0.717, 1.165) is 6.21 Å². The largest absolute Gasteiger partial charge is 0.394 e. The summed E-state index contributed by atoms with van der Waals surface area (Å²) in [5.41, 5.74) is -0.0240. The second-order valence-corrected chi connectivity index (χ2v) is 3.72. The minimum atomic E-state index is -1.44. The number of hydrogen-bond donors (Lipinski definition) is 5. The molecule has 0 aliphatic carbocycles. The number of aliphatic hydroxyl groups excluding tert-OH is 3. The molecule has 1 unspecified atom stereocenters. The molecule has 0 fully saturated rings. The lowest BCUT2D eigenvalue weighted by Crippen LogP contribution is -2.49. The summed E-state index contributed by atoms with van der Waals surface area (Å²) in [4.78, 5) is 22.9. The highest BCUT2D eigenvalue weighted by Gasteiger charge is 2.33. The monoisotopic (exact) mass is 253 g/mol. The first kappa shape index (κ1) is 12.5. The van der Waals surface area contributed by atoms with Gasteiger partial charge in [-0.15, -0.1) is 0 Å². The smallest absolute Gasteiger partial charge is 0.259 e. The van der Waals surface area contributed by atoms with Gasteiger partial charge < -0.3 is 15.3 Å². The van der Waals surface area contributed by atoms with Crippen molar-refractivity contribution in [1.82, 2.24) is 5.32 Å². The third kappa shape index (κ3) is 2.18. The number of amides is 1. The number of aliphatic hydroxyl groups is 3. The molecule has 2 aliphatic heterocycles. The third-order valence-corrected chi connectivity index (χ3v) is 2.42. The van der Waals surface area contributed by atoms with Gasteiger partial charge in [-0.3, -0.25) is 20.5 Å². The van der Waals surface area contributed by atoms with Gasteiger partial charge in [-0.05, 0) is 0 Å². The second kappa shape index (κ2) is 4.72. The molecule has 96 valence electrons. The maximum atomic E-state index is 11.5. The van der Waals surface area contributed by atoms with E-state index in [2.05, 4.69) is 20.3 Å². The molecule has 0 bridgehead atoms. The van der Waals surface area contributed by atoms with Gasteiger partial charge in [0.25, 0.3) is 5.91 Å². The first-order valence-corrected chi connectivity index (χ1v) is 5.09. The van der Waals surface area contributed by atoms with Crippen molar-refractivity contribution in [3.05, 3.63) is 0 Å². The summed E-state index contributed by atoms with van der Waals surface area (Å²) in [7, 11) is 0. The average Bonchev–Trinajstić information content (AvgIpc) is 2.36. The maximum Gasteiger partial charge on any atom is 0.259 e. The number of nitrogens with zero attached hydrogens (tertiary/aromatic N) is 3. The minimum absolute atomic E-state index is 0.0240. The number of hydrogen-bond acceptors (Lipinski definition) is 7. The Morgan fingerprint density at radius 3 is 2.89 bits per heavy atom. The zero-order valence-corrected chi connectivity index (χ0v) is 9.11. The Morgan fingerprint density at radius 2 is 2.22 bits per heavy atom. The zero-order valence-electron chi connectivity index (χ0n) is 9.11. The topological polar surface area (TPSA) is 151 Å². The standard InChI is InChI=1S/C9H11N5O4/c10-9-13-7-5(8(18)14-9)12-3(1-11-7)6(17)4(16)2-15/h1,4-6,15-17H,2H2,(H2,10,14,18)/t4-,5?,6+/m1/s1. The lowest BCUT2D eigenvalue weighted by Gasteiger charge is -2.23. The van der Waals surface area contributed by atoms with Gasteiger partial charge in [-0.25, -0.2) is 4.99 Å². The molecule has 2 rings (SSSR count). The molecule has 0 saturated carbocycles. The molecule has 0 aromatic heterocycles. The lowest BCUT2D eigenvalue weighted by molar-refractivity contribution is -0.119. The highest BCUT2D eigenvalue weighted by Crippen LogP contribution is 2.10. The Labute approximate surface area is 101 Å². The van der Waals surface area contributed by atoms with Gasteiger partial charge in [-0.1, -0.05) is 0 Å². The molecule has 18 heavy (non-hydrogen) atoms. The molecule has 0 radical (unpaired) electrons. The lowest BCUT2D eigenvalue weighted by atomic mass is 10.1. The van der Waals surface area contributed by atoms with E-state index in [4.69, 9.17) is 10.5 Å². The van der Waals surface area contributed by atoms with Crippen molar-refractivity contribution in [1.29, 1.82) is 5.41 Å². The van der Waals surface area contributed by atoms with Crippen LogP contribution < -0.4 is 5.32 Å². The van der Waals surface area contributed by atoms with Crippen molar-refractivity contribution in [3.8, 4) is 0 Å². The normalized spacial score (nSPS) is 25.8. The van der Waals surface area contributed by atoms with Crippen LogP contribution in [-0.2, 0) is 4.79 Å². The highest BCUT2D eigenvalue weighted by atomic mass is 16.4. The molecule has 5 N–H and O–H groups in total. The van der Waals surface area contributed by atoms with Crippen LogP contribution in [0.25, 0.3) is 0 Å². The Balaban J connectivity index is 2.26. The Morgan fingerprint density at radius 1 is 1.50 bits per heavy atom. The van der Waals surface area contributed by atoms with E-state index in [1.54, 1.807) is 0 Å². The summed E-state index contributed by atoms with van der Waals surface area (Å²) in [6.07, 6.45) is -1.70. The predicted molar refractivity (Wildman–Crippen MR) is 62.1 cm³/mol. The van der Waals surface area contributed by atoms with Gasteiger partial charge in [0.15, 0.2) is 11.9 Å². The first-order valence-electron chi connectivity index (χ1n) is 5.09. The number of guanidine groups is 1. The van der Waals surface area contributed by atoms with Crippen LogP contribution in [0.4, 0.5) is 0 Å². The molecular weight excluding hydrogens is 242 g/mol. The molecule has 2 heterocycles. The van der Waals surface area contributed by atoms with E-state index >= 15 is 0 Å². The summed E-state index contributed by atoms with van der Waals surface area (Å²) in [5, 5.41) is 37.0. The van der Waals surface area contributed by atoms with Crippen molar-refractivity contribution in [3.63, 3.8) is 0 Å². The van der Waals surface area contributed by atoms with Gasteiger partial charge in [0.05, 0.1) is 18.5 Å². The van der Waals surface area contributed by atoms with Crippen LogP contribution >= 0.6 is 0 Å². The first-order chi connectivity index (χ1) is 8.52. The van der Waals surface area contributed by atoms with Crippen molar-refractivity contribution in [2.45, 2.75) is 18.2 Å². The molecule has 0 saturated heterocycles. The molecule has 3 atom stereocenters. The number of fused-ring (bicyclic) bond motifs is 1. The van der Waals surface area contributed by atoms with E-state index < -0.39 is 30.8 Å². The van der Waals surface area contributed by atoms with Crippen LogP contribution in [-0.4, -0.2) is 69.8 Å². The SMILES string of the molecule is N=C1N=C2N=CC([C@H](O)[C@H](O)CO)=NC2C(=O)N1. The van der Waals surface area contributed by atoms with Crippen LogP contribution in [0, 0.1) is 5.41 Å². The Kier molecular flexibility index (Phi) is 3.28. The average molecular weight is 253 g/mol. The predicted octanol–water partition coefficient (Wildman–Crippen LogP) is -2.94. The van der Waals surface area contributed by atoms with E-state index in [1.165, 1.54) is 0 Å². The van der Waals surface area contributed by atoms with Crippen molar-refractivity contribution in [2.24, 2.45) is 15.0 Å². The van der Waals surface area contributed by atoms with Gasteiger partial charge in [0, 0.05) is 0 Å². The zero-order chi connectivity index (χ0) is 13.3. The van der Waals surface area contributed by atoms with E-state index in [-0.39, 0.29) is 17.5 Å². The molecule has 0 spiro atoms. The molecule has 9 nitrogen and oxygen atoms in total. The van der Waals surface area contributed by atoms with E-state index in [9.17, 15) is 15.0 Å². The van der Waals surface area contributed by atoms with E-state index in [1.807, 2.05) is 0 Å². The van der Waals surface area contributed by atoms with Gasteiger partial charge in [0.1, 0.15) is 12.2 Å². The summed E-state index contributed by atoms with van der Waals surface area (Å²) in [5.74, 6) is -0.846. The van der Waals surface area contributed by atoms with Crippen LogP contribution in [0.15, 0.2) is 15.0 Å². The second-order valence-electron chi connectivity index (χ2n) is 3.72. The molecular formula is C9H11N5O4. The van der Waals surface area contributed by atoms with Gasteiger partial charge in [-0.2, -0.15) is 4.99 Å². The fourth-order valence-electron chi connectivity index (χ4n) is 1.49. The van der Waals surface area contributed by atoms with Crippen LogP contribution in [0.3, 0.4) is 0 Å².